The summed E-state index contributed by atoms with van der Waals surface area (Å²) < 4.78 is 0. The van der Waals surface area contributed by atoms with Crippen molar-refractivity contribution < 1.29 is 4.79 Å². The molecule has 1 aliphatic heterocycles. The minimum Gasteiger partial charge on any atom is -0.352 e. The molecule has 0 spiro atoms. The molecular weight excluding hydrogens is 200 g/mol. The van der Waals surface area contributed by atoms with Crippen molar-refractivity contribution in [1.29, 1.82) is 0 Å². The summed E-state index contributed by atoms with van der Waals surface area (Å²) in [7, 11) is 0. The van der Waals surface area contributed by atoms with E-state index in [4.69, 9.17) is 0 Å². The molecule has 2 N–H and O–H groups in total. The molecule has 0 aromatic carbocycles. The Balaban J connectivity index is 2.21. The van der Waals surface area contributed by atoms with E-state index >= 15 is 0 Å². The van der Waals surface area contributed by atoms with Crippen LogP contribution in [0.3, 0.4) is 0 Å². The number of hydrogen-bond donors (Lipinski definition) is 2. The zero-order valence-corrected chi connectivity index (χ0v) is 10.9. The summed E-state index contributed by atoms with van der Waals surface area (Å²) in [5, 5.41) is 6.38. The predicted molar refractivity (Wildman–Crippen MR) is 67.3 cm³/mol. The maximum atomic E-state index is 11.9. The molecule has 16 heavy (non-hydrogen) atoms. The van der Waals surface area contributed by atoms with Crippen LogP contribution >= 0.6 is 0 Å². The average molecular weight is 226 g/mol. The van der Waals surface area contributed by atoms with Gasteiger partial charge in [0.15, 0.2) is 0 Å². The van der Waals surface area contributed by atoms with Gasteiger partial charge in [-0.3, -0.25) is 4.79 Å². The fourth-order valence-electron chi connectivity index (χ4n) is 2.07. The topological polar surface area (TPSA) is 41.1 Å². The highest BCUT2D eigenvalue weighted by molar-refractivity contribution is 5.82. The molecular formula is C13H26N2O. The molecule has 0 bridgehead atoms. The van der Waals surface area contributed by atoms with Gasteiger partial charge in [-0.1, -0.05) is 20.3 Å². The molecule has 1 saturated heterocycles. The number of amides is 1. The second kappa shape index (κ2) is 6.89. The highest BCUT2D eigenvalue weighted by Crippen LogP contribution is 2.09. The second-order valence-corrected chi connectivity index (χ2v) is 5.38. The molecule has 0 aliphatic carbocycles. The molecule has 1 aliphatic rings. The number of nitrogens with one attached hydrogen (secondary N) is 2. The standard InChI is InChI=1S/C13H26N2O/c1-10(2)7-8-11(3)15-13(16)12-6-4-5-9-14-12/h10-12,14H,4-9H2,1-3H3,(H,15,16). The number of hydrogen-bond acceptors (Lipinski definition) is 2. The fraction of sp³-hybridized carbons (Fsp3) is 0.923. The Kier molecular flexibility index (Phi) is 5.81. The van der Waals surface area contributed by atoms with Crippen LogP contribution in [0.1, 0.15) is 52.9 Å². The Bertz CT molecular complexity index is 210. The van der Waals surface area contributed by atoms with E-state index < -0.39 is 0 Å². The molecule has 3 nitrogen and oxygen atoms in total. The molecule has 94 valence electrons. The highest BCUT2D eigenvalue weighted by Gasteiger charge is 2.21. The molecule has 2 atom stereocenters. The van der Waals surface area contributed by atoms with Gasteiger partial charge >= 0.3 is 0 Å². The minimum absolute atomic E-state index is 0.0512. The molecule has 1 heterocycles. The van der Waals surface area contributed by atoms with E-state index in [0.29, 0.717) is 12.0 Å². The molecule has 0 aromatic heterocycles. The van der Waals surface area contributed by atoms with Crippen LogP contribution in [0.2, 0.25) is 0 Å². The zero-order chi connectivity index (χ0) is 12.0. The number of rotatable bonds is 5. The molecule has 2 unspecified atom stereocenters. The lowest BCUT2D eigenvalue weighted by atomic mass is 10.0. The maximum absolute atomic E-state index is 11.9. The quantitative estimate of drug-likeness (QED) is 0.753. The Morgan fingerprint density at radius 3 is 2.62 bits per heavy atom. The summed E-state index contributed by atoms with van der Waals surface area (Å²) in [6, 6.07) is 0.355. The number of piperidine rings is 1. The van der Waals surface area contributed by atoms with Crippen molar-refractivity contribution in [2.75, 3.05) is 6.54 Å². The van der Waals surface area contributed by atoms with E-state index in [0.717, 1.165) is 19.4 Å². The van der Waals surface area contributed by atoms with Crippen LogP contribution in [0.15, 0.2) is 0 Å². The predicted octanol–water partition coefficient (Wildman–Crippen LogP) is 2.07. The average Bonchev–Trinajstić information content (AvgIpc) is 2.27. The van der Waals surface area contributed by atoms with E-state index in [1.807, 2.05) is 0 Å². The largest absolute Gasteiger partial charge is 0.352 e. The van der Waals surface area contributed by atoms with Crippen molar-refractivity contribution in [3.05, 3.63) is 0 Å². The third kappa shape index (κ3) is 4.97. The monoisotopic (exact) mass is 226 g/mol. The third-order valence-corrected chi connectivity index (χ3v) is 3.19. The van der Waals surface area contributed by atoms with Crippen LogP contribution in [0.25, 0.3) is 0 Å². The third-order valence-electron chi connectivity index (χ3n) is 3.19. The van der Waals surface area contributed by atoms with Gasteiger partial charge in [-0.15, -0.1) is 0 Å². The fourth-order valence-corrected chi connectivity index (χ4v) is 2.07. The van der Waals surface area contributed by atoms with E-state index in [9.17, 15) is 4.79 Å². The lowest BCUT2D eigenvalue weighted by Crippen LogP contribution is -2.49. The summed E-state index contributed by atoms with van der Waals surface area (Å²) in [4.78, 5) is 11.9. The smallest absolute Gasteiger partial charge is 0.237 e. The first-order chi connectivity index (χ1) is 7.59. The van der Waals surface area contributed by atoms with E-state index in [1.54, 1.807) is 0 Å². The Morgan fingerprint density at radius 1 is 1.31 bits per heavy atom. The molecule has 0 aromatic rings. The van der Waals surface area contributed by atoms with Crippen molar-refractivity contribution in [3.63, 3.8) is 0 Å². The van der Waals surface area contributed by atoms with E-state index in [1.165, 1.54) is 19.3 Å². The molecule has 0 saturated carbocycles. The molecule has 1 fully saturated rings. The molecule has 1 rings (SSSR count). The van der Waals surface area contributed by atoms with Crippen molar-refractivity contribution in [1.82, 2.24) is 10.6 Å². The van der Waals surface area contributed by atoms with Gasteiger partial charge in [-0.2, -0.15) is 0 Å². The van der Waals surface area contributed by atoms with Crippen LogP contribution in [-0.2, 0) is 4.79 Å². The van der Waals surface area contributed by atoms with Gasteiger partial charge < -0.3 is 10.6 Å². The summed E-state index contributed by atoms with van der Waals surface area (Å²) >= 11 is 0. The number of carbonyl (C=O) groups excluding carboxylic acids is 1. The van der Waals surface area contributed by atoms with Gasteiger partial charge in [0.25, 0.3) is 0 Å². The zero-order valence-electron chi connectivity index (χ0n) is 10.9. The lowest BCUT2D eigenvalue weighted by molar-refractivity contribution is -0.124. The van der Waals surface area contributed by atoms with Gasteiger partial charge in [-0.05, 0) is 45.1 Å². The summed E-state index contributed by atoms with van der Waals surface area (Å²) in [5.74, 6) is 0.906. The summed E-state index contributed by atoms with van der Waals surface area (Å²) in [6.45, 7) is 7.52. The van der Waals surface area contributed by atoms with Crippen molar-refractivity contribution in [2.24, 2.45) is 5.92 Å². The van der Waals surface area contributed by atoms with Crippen LogP contribution in [0, 0.1) is 5.92 Å². The van der Waals surface area contributed by atoms with Gasteiger partial charge in [0.2, 0.25) is 5.91 Å². The van der Waals surface area contributed by atoms with E-state index in [2.05, 4.69) is 31.4 Å². The van der Waals surface area contributed by atoms with Gasteiger partial charge in [0.1, 0.15) is 0 Å². The van der Waals surface area contributed by atoms with Crippen LogP contribution in [0.5, 0.6) is 0 Å². The summed E-state index contributed by atoms with van der Waals surface area (Å²) in [6.07, 6.45) is 5.62. The van der Waals surface area contributed by atoms with Gasteiger partial charge in [0.05, 0.1) is 6.04 Å². The molecule has 0 radical (unpaired) electrons. The Hall–Kier alpha value is -0.570. The normalized spacial score (nSPS) is 23.1. The molecule has 1 amide bonds. The summed E-state index contributed by atoms with van der Waals surface area (Å²) in [5.41, 5.74) is 0. The Labute approximate surface area is 99.4 Å². The van der Waals surface area contributed by atoms with Crippen LogP contribution in [-0.4, -0.2) is 24.5 Å². The highest BCUT2D eigenvalue weighted by atomic mass is 16.2. The lowest BCUT2D eigenvalue weighted by Gasteiger charge is -2.24. The van der Waals surface area contributed by atoms with Crippen molar-refractivity contribution >= 4 is 5.91 Å². The minimum atomic E-state index is 0.0512. The molecule has 3 heteroatoms. The first-order valence-electron chi connectivity index (χ1n) is 6.63. The maximum Gasteiger partial charge on any atom is 0.237 e. The van der Waals surface area contributed by atoms with Crippen LogP contribution in [0.4, 0.5) is 0 Å². The van der Waals surface area contributed by atoms with E-state index in [-0.39, 0.29) is 11.9 Å². The van der Waals surface area contributed by atoms with Crippen molar-refractivity contribution in [2.45, 2.75) is 65.0 Å². The Morgan fingerprint density at radius 2 is 2.06 bits per heavy atom. The number of carbonyl (C=O) groups is 1. The first-order valence-corrected chi connectivity index (χ1v) is 6.63. The second-order valence-electron chi connectivity index (χ2n) is 5.38. The van der Waals surface area contributed by atoms with Crippen LogP contribution < -0.4 is 10.6 Å². The van der Waals surface area contributed by atoms with Gasteiger partial charge in [0, 0.05) is 6.04 Å². The van der Waals surface area contributed by atoms with Crippen molar-refractivity contribution in [3.8, 4) is 0 Å². The first kappa shape index (κ1) is 13.5. The SMILES string of the molecule is CC(C)CCC(C)NC(=O)C1CCCCN1. The van der Waals surface area contributed by atoms with Gasteiger partial charge in [-0.25, -0.2) is 0 Å².